The fraction of sp³-hybridized carbons (Fsp3) is 0.235. The number of nitrogens with zero attached hydrogens (tertiary/aromatic N) is 1. The van der Waals surface area contributed by atoms with E-state index in [1.165, 1.54) is 0 Å². The highest BCUT2D eigenvalue weighted by Crippen LogP contribution is 2.28. The van der Waals surface area contributed by atoms with Gasteiger partial charge >= 0.3 is 0 Å². The lowest BCUT2D eigenvalue weighted by Crippen LogP contribution is -2.34. The molecule has 4 heteroatoms. The SMILES string of the molecule is O=C(c1ccccc1)N1CCCOCc2cc(Cl)ccc21. The number of anilines is 1. The van der Waals surface area contributed by atoms with Crippen molar-refractivity contribution in [3.8, 4) is 0 Å². The highest BCUT2D eigenvalue weighted by Gasteiger charge is 2.21. The number of amides is 1. The number of halogens is 1. The highest BCUT2D eigenvalue weighted by molar-refractivity contribution is 6.30. The first-order chi connectivity index (χ1) is 10.3. The predicted octanol–water partition coefficient (Wildman–Crippen LogP) is 3.91. The van der Waals surface area contributed by atoms with E-state index in [2.05, 4.69) is 0 Å². The fourth-order valence-corrected chi connectivity index (χ4v) is 2.70. The van der Waals surface area contributed by atoms with Gasteiger partial charge in [-0.25, -0.2) is 0 Å². The van der Waals surface area contributed by atoms with Gasteiger partial charge in [0.15, 0.2) is 0 Å². The number of carbonyl (C=O) groups excluding carboxylic acids is 1. The van der Waals surface area contributed by atoms with Crippen LogP contribution in [0.15, 0.2) is 48.5 Å². The van der Waals surface area contributed by atoms with Gasteiger partial charge in [0.05, 0.1) is 6.61 Å². The molecule has 2 aromatic rings. The van der Waals surface area contributed by atoms with E-state index in [9.17, 15) is 4.79 Å². The van der Waals surface area contributed by atoms with Crippen molar-refractivity contribution in [3.63, 3.8) is 0 Å². The normalized spacial score (nSPS) is 15.0. The Morgan fingerprint density at radius 1 is 1.14 bits per heavy atom. The Morgan fingerprint density at radius 3 is 2.76 bits per heavy atom. The van der Waals surface area contributed by atoms with E-state index >= 15 is 0 Å². The summed E-state index contributed by atoms with van der Waals surface area (Å²) >= 11 is 6.06. The quantitative estimate of drug-likeness (QED) is 0.799. The van der Waals surface area contributed by atoms with Crippen molar-refractivity contribution in [2.75, 3.05) is 18.1 Å². The summed E-state index contributed by atoms with van der Waals surface area (Å²) in [5.41, 5.74) is 2.53. The molecule has 0 radical (unpaired) electrons. The van der Waals surface area contributed by atoms with Gasteiger partial charge in [0.25, 0.3) is 5.91 Å². The highest BCUT2D eigenvalue weighted by atomic mass is 35.5. The topological polar surface area (TPSA) is 29.5 Å². The number of carbonyl (C=O) groups is 1. The van der Waals surface area contributed by atoms with E-state index in [4.69, 9.17) is 16.3 Å². The average Bonchev–Trinajstić information content (AvgIpc) is 2.49. The Hall–Kier alpha value is -1.84. The lowest BCUT2D eigenvalue weighted by Gasteiger charge is -2.27. The van der Waals surface area contributed by atoms with Crippen LogP contribution in [0.1, 0.15) is 22.3 Å². The van der Waals surface area contributed by atoms with E-state index in [0.29, 0.717) is 30.3 Å². The Kier molecular flexibility index (Phi) is 4.23. The summed E-state index contributed by atoms with van der Waals surface area (Å²) in [4.78, 5) is 14.6. The largest absolute Gasteiger partial charge is 0.377 e. The lowest BCUT2D eigenvalue weighted by molar-refractivity contribution is 0.0958. The van der Waals surface area contributed by atoms with Gasteiger partial charge < -0.3 is 9.64 Å². The van der Waals surface area contributed by atoms with Crippen molar-refractivity contribution in [1.29, 1.82) is 0 Å². The van der Waals surface area contributed by atoms with Crippen LogP contribution >= 0.6 is 11.6 Å². The van der Waals surface area contributed by atoms with Gasteiger partial charge in [-0.05, 0) is 36.8 Å². The number of benzene rings is 2. The maximum absolute atomic E-state index is 12.8. The Morgan fingerprint density at radius 2 is 1.95 bits per heavy atom. The molecule has 0 saturated carbocycles. The number of ether oxygens (including phenoxy) is 1. The molecule has 21 heavy (non-hydrogen) atoms. The summed E-state index contributed by atoms with van der Waals surface area (Å²) in [5, 5.41) is 0.657. The molecule has 0 atom stereocenters. The zero-order valence-electron chi connectivity index (χ0n) is 11.6. The third-order valence-corrected chi connectivity index (χ3v) is 3.76. The molecule has 108 valence electrons. The molecule has 3 nitrogen and oxygen atoms in total. The van der Waals surface area contributed by atoms with Crippen LogP contribution in [0.3, 0.4) is 0 Å². The molecule has 0 fully saturated rings. The minimum atomic E-state index is 0.0149. The Labute approximate surface area is 129 Å². The van der Waals surface area contributed by atoms with Crippen molar-refractivity contribution >= 4 is 23.2 Å². The molecule has 0 aromatic heterocycles. The molecule has 1 aliphatic rings. The summed E-state index contributed by atoms with van der Waals surface area (Å²) in [5.74, 6) is 0.0149. The van der Waals surface area contributed by atoms with Crippen molar-refractivity contribution in [2.45, 2.75) is 13.0 Å². The van der Waals surface area contributed by atoms with Gasteiger partial charge in [0, 0.05) is 35.0 Å². The third kappa shape index (κ3) is 3.09. The molecule has 1 aliphatic heterocycles. The van der Waals surface area contributed by atoms with Gasteiger partial charge in [-0.15, -0.1) is 0 Å². The lowest BCUT2D eigenvalue weighted by atomic mass is 10.1. The van der Waals surface area contributed by atoms with Crippen LogP contribution in [0.4, 0.5) is 5.69 Å². The zero-order chi connectivity index (χ0) is 14.7. The second-order valence-electron chi connectivity index (χ2n) is 5.00. The molecule has 0 saturated heterocycles. The van der Waals surface area contributed by atoms with E-state index in [1.54, 1.807) is 0 Å². The van der Waals surface area contributed by atoms with Gasteiger partial charge in [-0.3, -0.25) is 4.79 Å². The minimum absolute atomic E-state index is 0.0149. The van der Waals surface area contributed by atoms with Gasteiger partial charge in [0.1, 0.15) is 0 Å². The first kappa shape index (κ1) is 14.1. The summed E-state index contributed by atoms with van der Waals surface area (Å²) < 4.78 is 5.59. The first-order valence-corrected chi connectivity index (χ1v) is 7.36. The standard InChI is InChI=1S/C17H16ClNO2/c18-15-7-8-16-14(11-15)12-21-10-4-9-19(16)17(20)13-5-2-1-3-6-13/h1-3,5-8,11H,4,9-10,12H2. The predicted molar refractivity (Wildman–Crippen MR) is 83.8 cm³/mol. The minimum Gasteiger partial charge on any atom is -0.377 e. The van der Waals surface area contributed by atoms with Gasteiger partial charge in [0.2, 0.25) is 0 Å². The number of rotatable bonds is 1. The molecular formula is C17H16ClNO2. The molecule has 0 unspecified atom stereocenters. The molecule has 2 aromatic carbocycles. The van der Waals surface area contributed by atoms with Crippen LogP contribution in [-0.2, 0) is 11.3 Å². The molecule has 0 bridgehead atoms. The third-order valence-electron chi connectivity index (χ3n) is 3.53. The monoisotopic (exact) mass is 301 g/mol. The Balaban J connectivity index is 2.00. The second kappa shape index (κ2) is 6.29. The number of hydrogen-bond donors (Lipinski definition) is 0. The summed E-state index contributed by atoms with van der Waals surface area (Å²) in [6.45, 7) is 1.77. The molecule has 0 spiro atoms. The maximum Gasteiger partial charge on any atom is 0.258 e. The van der Waals surface area contributed by atoms with Crippen LogP contribution in [0, 0.1) is 0 Å². The van der Waals surface area contributed by atoms with E-state index in [-0.39, 0.29) is 5.91 Å². The first-order valence-electron chi connectivity index (χ1n) is 6.99. The molecule has 1 heterocycles. The van der Waals surface area contributed by atoms with Crippen LogP contribution in [0.25, 0.3) is 0 Å². The Bertz CT molecular complexity index is 642. The van der Waals surface area contributed by atoms with Crippen molar-refractivity contribution in [3.05, 3.63) is 64.7 Å². The van der Waals surface area contributed by atoms with Crippen LogP contribution in [0.2, 0.25) is 5.02 Å². The average molecular weight is 302 g/mol. The summed E-state index contributed by atoms with van der Waals surface area (Å²) in [6.07, 6.45) is 0.820. The van der Waals surface area contributed by atoms with Crippen molar-refractivity contribution in [2.24, 2.45) is 0 Å². The maximum atomic E-state index is 12.8. The van der Waals surface area contributed by atoms with Crippen molar-refractivity contribution < 1.29 is 9.53 Å². The molecular weight excluding hydrogens is 286 g/mol. The van der Waals surface area contributed by atoms with Crippen LogP contribution < -0.4 is 4.90 Å². The second-order valence-corrected chi connectivity index (χ2v) is 5.44. The zero-order valence-corrected chi connectivity index (χ0v) is 12.3. The molecule has 3 rings (SSSR count). The summed E-state index contributed by atoms with van der Waals surface area (Å²) in [6, 6.07) is 14.9. The smallest absolute Gasteiger partial charge is 0.258 e. The summed E-state index contributed by atoms with van der Waals surface area (Å²) in [7, 11) is 0. The molecule has 0 aliphatic carbocycles. The van der Waals surface area contributed by atoms with Gasteiger partial charge in [-0.2, -0.15) is 0 Å². The van der Waals surface area contributed by atoms with E-state index in [0.717, 1.165) is 17.7 Å². The van der Waals surface area contributed by atoms with Crippen LogP contribution in [0.5, 0.6) is 0 Å². The number of fused-ring (bicyclic) bond motifs is 1. The van der Waals surface area contributed by atoms with E-state index < -0.39 is 0 Å². The van der Waals surface area contributed by atoms with Crippen LogP contribution in [-0.4, -0.2) is 19.1 Å². The van der Waals surface area contributed by atoms with Crippen molar-refractivity contribution in [1.82, 2.24) is 0 Å². The number of hydrogen-bond acceptors (Lipinski definition) is 2. The van der Waals surface area contributed by atoms with E-state index in [1.807, 2.05) is 53.4 Å². The fourth-order valence-electron chi connectivity index (χ4n) is 2.51. The molecule has 0 N–H and O–H groups in total. The molecule has 1 amide bonds. The van der Waals surface area contributed by atoms with Gasteiger partial charge in [-0.1, -0.05) is 29.8 Å².